The van der Waals surface area contributed by atoms with Gasteiger partial charge in [0, 0.05) is 23.3 Å². The van der Waals surface area contributed by atoms with E-state index >= 15 is 0 Å². The van der Waals surface area contributed by atoms with Crippen LogP contribution in [-0.2, 0) is 0 Å². The Balaban J connectivity index is 1.57. The maximum Gasteiger partial charge on any atom is 0.254 e. The molecular formula is C20H20N2O2. The molecule has 4 nitrogen and oxygen atoms in total. The number of nitrogens with one attached hydrogen (secondary N) is 1. The van der Waals surface area contributed by atoms with Crippen molar-refractivity contribution >= 4 is 16.8 Å². The van der Waals surface area contributed by atoms with E-state index in [4.69, 9.17) is 0 Å². The second-order valence-corrected chi connectivity index (χ2v) is 6.39. The van der Waals surface area contributed by atoms with Crippen molar-refractivity contribution < 1.29 is 9.90 Å². The van der Waals surface area contributed by atoms with Gasteiger partial charge in [-0.1, -0.05) is 36.4 Å². The topological polar surface area (TPSA) is 56.3 Å². The van der Waals surface area contributed by atoms with Crippen molar-refractivity contribution in [1.29, 1.82) is 0 Å². The van der Waals surface area contributed by atoms with Gasteiger partial charge in [-0.2, -0.15) is 0 Å². The number of carbonyl (C=O) groups excluding carboxylic acids is 1. The summed E-state index contributed by atoms with van der Waals surface area (Å²) in [6, 6.07) is 17.5. The van der Waals surface area contributed by atoms with Crippen molar-refractivity contribution in [3.8, 4) is 0 Å². The molecule has 4 rings (SSSR count). The molecule has 2 N–H and O–H groups in total. The number of benzene rings is 2. The monoisotopic (exact) mass is 320 g/mol. The van der Waals surface area contributed by atoms with Crippen molar-refractivity contribution in [2.45, 2.75) is 25.0 Å². The van der Waals surface area contributed by atoms with Crippen LogP contribution in [0.2, 0.25) is 0 Å². The highest BCUT2D eigenvalue weighted by Gasteiger charge is 2.34. The van der Waals surface area contributed by atoms with Crippen LogP contribution in [0, 0.1) is 0 Å². The fraction of sp³-hybridized carbons (Fsp3) is 0.250. The second kappa shape index (κ2) is 6.13. The van der Waals surface area contributed by atoms with Gasteiger partial charge in [-0.3, -0.25) is 4.79 Å². The van der Waals surface area contributed by atoms with Crippen LogP contribution >= 0.6 is 0 Å². The van der Waals surface area contributed by atoms with E-state index in [0.29, 0.717) is 12.1 Å². The number of aliphatic hydroxyl groups is 1. The summed E-state index contributed by atoms with van der Waals surface area (Å²) in [6.07, 6.45) is 3.23. The van der Waals surface area contributed by atoms with Gasteiger partial charge in [-0.25, -0.2) is 0 Å². The lowest BCUT2D eigenvalue weighted by Crippen LogP contribution is -2.36. The minimum atomic E-state index is -0.662. The Morgan fingerprint density at radius 1 is 1.17 bits per heavy atom. The van der Waals surface area contributed by atoms with Gasteiger partial charge >= 0.3 is 0 Å². The smallest absolute Gasteiger partial charge is 0.254 e. The van der Waals surface area contributed by atoms with Crippen molar-refractivity contribution in [2.75, 3.05) is 6.54 Å². The van der Waals surface area contributed by atoms with E-state index in [2.05, 4.69) is 4.98 Å². The summed E-state index contributed by atoms with van der Waals surface area (Å²) in [5.74, 6) is -0.0102. The summed E-state index contributed by atoms with van der Waals surface area (Å²) >= 11 is 0. The molecule has 0 saturated heterocycles. The van der Waals surface area contributed by atoms with Crippen LogP contribution in [-0.4, -0.2) is 33.5 Å². The van der Waals surface area contributed by atoms with Crippen LogP contribution in [0.15, 0.2) is 60.8 Å². The Morgan fingerprint density at radius 2 is 1.96 bits per heavy atom. The van der Waals surface area contributed by atoms with Crippen LogP contribution in [0.4, 0.5) is 0 Å². The Morgan fingerprint density at radius 3 is 2.71 bits per heavy atom. The first-order valence-electron chi connectivity index (χ1n) is 8.33. The molecule has 122 valence electrons. The highest BCUT2D eigenvalue weighted by Crippen LogP contribution is 2.30. The van der Waals surface area contributed by atoms with Gasteiger partial charge in [0.25, 0.3) is 5.91 Å². The molecule has 1 saturated carbocycles. The third-order valence-electron chi connectivity index (χ3n) is 4.60. The molecule has 0 bridgehead atoms. The quantitative estimate of drug-likeness (QED) is 0.756. The van der Waals surface area contributed by atoms with Crippen LogP contribution in [0.1, 0.15) is 34.9 Å². The van der Waals surface area contributed by atoms with Crippen LogP contribution < -0.4 is 0 Å². The lowest BCUT2D eigenvalue weighted by molar-refractivity contribution is 0.0603. The lowest BCUT2D eigenvalue weighted by atomic mass is 10.1. The van der Waals surface area contributed by atoms with Gasteiger partial charge in [0.15, 0.2) is 0 Å². The molecule has 1 heterocycles. The number of nitrogens with zero attached hydrogens (tertiary/aromatic N) is 1. The molecule has 3 aromatic rings. The molecule has 1 amide bonds. The Labute approximate surface area is 140 Å². The van der Waals surface area contributed by atoms with Gasteiger partial charge in [-0.15, -0.1) is 0 Å². The standard InChI is InChI=1S/C20H20N2O2/c23-19(15-4-2-1-3-5-15)13-22(17-8-9-17)20(24)16-7-6-14-10-11-21-18(14)12-16/h1-7,10-12,17,19,21,23H,8-9,13H2. The van der Waals surface area contributed by atoms with E-state index in [1.807, 2.05) is 65.7 Å². The zero-order valence-electron chi connectivity index (χ0n) is 13.4. The summed E-state index contributed by atoms with van der Waals surface area (Å²) in [7, 11) is 0. The van der Waals surface area contributed by atoms with Crippen LogP contribution in [0.5, 0.6) is 0 Å². The molecule has 1 aromatic heterocycles. The first-order valence-corrected chi connectivity index (χ1v) is 8.33. The molecule has 1 aliphatic rings. The number of hydrogen-bond donors (Lipinski definition) is 2. The van der Waals surface area contributed by atoms with E-state index in [0.717, 1.165) is 29.3 Å². The average molecular weight is 320 g/mol. The third kappa shape index (κ3) is 2.93. The number of amides is 1. The van der Waals surface area contributed by atoms with E-state index in [-0.39, 0.29) is 11.9 Å². The molecular weight excluding hydrogens is 300 g/mol. The first-order chi connectivity index (χ1) is 11.7. The molecule has 2 aromatic carbocycles. The fourth-order valence-electron chi connectivity index (χ4n) is 3.10. The fourth-order valence-corrected chi connectivity index (χ4v) is 3.10. The Bertz CT molecular complexity index is 852. The van der Waals surface area contributed by atoms with E-state index in [1.165, 1.54) is 0 Å². The summed E-state index contributed by atoms with van der Waals surface area (Å²) < 4.78 is 0. The molecule has 0 aliphatic heterocycles. The number of aromatic nitrogens is 1. The predicted octanol–water partition coefficient (Wildman–Crippen LogP) is 3.51. The predicted molar refractivity (Wildman–Crippen MR) is 93.8 cm³/mol. The minimum Gasteiger partial charge on any atom is -0.387 e. The highest BCUT2D eigenvalue weighted by atomic mass is 16.3. The second-order valence-electron chi connectivity index (χ2n) is 6.39. The number of rotatable bonds is 5. The molecule has 1 aliphatic carbocycles. The molecule has 1 atom stereocenters. The van der Waals surface area contributed by atoms with Gasteiger partial charge < -0.3 is 15.0 Å². The summed E-state index contributed by atoms with van der Waals surface area (Å²) in [5, 5.41) is 11.6. The number of fused-ring (bicyclic) bond motifs is 1. The van der Waals surface area contributed by atoms with Gasteiger partial charge in [0.1, 0.15) is 0 Å². The molecule has 1 unspecified atom stereocenters. The Hall–Kier alpha value is -2.59. The molecule has 0 radical (unpaired) electrons. The minimum absolute atomic E-state index is 0.0102. The number of hydrogen-bond acceptors (Lipinski definition) is 2. The number of aromatic amines is 1. The number of H-pyrrole nitrogens is 1. The van der Waals surface area contributed by atoms with E-state index < -0.39 is 6.10 Å². The maximum absolute atomic E-state index is 13.0. The van der Waals surface area contributed by atoms with Gasteiger partial charge in [0.2, 0.25) is 0 Å². The van der Waals surface area contributed by atoms with E-state index in [1.54, 1.807) is 0 Å². The zero-order valence-corrected chi connectivity index (χ0v) is 13.4. The summed E-state index contributed by atoms with van der Waals surface area (Å²) in [5.41, 5.74) is 2.47. The molecule has 1 fully saturated rings. The highest BCUT2D eigenvalue weighted by molar-refractivity contribution is 5.98. The van der Waals surface area contributed by atoms with Crippen LogP contribution in [0.25, 0.3) is 10.9 Å². The Kier molecular flexibility index (Phi) is 3.82. The van der Waals surface area contributed by atoms with Crippen molar-refractivity contribution in [1.82, 2.24) is 9.88 Å². The normalized spacial score (nSPS) is 15.4. The lowest BCUT2D eigenvalue weighted by Gasteiger charge is -2.25. The first kappa shape index (κ1) is 15.0. The molecule has 0 spiro atoms. The molecule has 4 heteroatoms. The van der Waals surface area contributed by atoms with Crippen molar-refractivity contribution in [3.05, 3.63) is 71.9 Å². The SMILES string of the molecule is O=C(c1ccc2cc[nH]c2c1)N(CC(O)c1ccccc1)C1CC1. The number of aliphatic hydroxyl groups excluding tert-OH is 1. The third-order valence-corrected chi connectivity index (χ3v) is 4.60. The van der Waals surface area contributed by atoms with Crippen molar-refractivity contribution in [2.24, 2.45) is 0 Å². The van der Waals surface area contributed by atoms with Gasteiger partial charge in [-0.05, 0) is 42.0 Å². The number of carbonyl (C=O) groups is 1. The zero-order chi connectivity index (χ0) is 16.5. The largest absolute Gasteiger partial charge is 0.387 e. The molecule has 24 heavy (non-hydrogen) atoms. The average Bonchev–Trinajstić information content (AvgIpc) is 3.36. The van der Waals surface area contributed by atoms with E-state index in [9.17, 15) is 9.90 Å². The summed E-state index contributed by atoms with van der Waals surface area (Å²) in [6.45, 7) is 0.330. The van der Waals surface area contributed by atoms with Gasteiger partial charge in [0.05, 0.1) is 12.6 Å². The van der Waals surface area contributed by atoms with Crippen LogP contribution in [0.3, 0.4) is 0 Å². The van der Waals surface area contributed by atoms with Crippen molar-refractivity contribution in [3.63, 3.8) is 0 Å². The maximum atomic E-state index is 13.0. The summed E-state index contributed by atoms with van der Waals surface area (Å²) in [4.78, 5) is 17.9.